The van der Waals surface area contributed by atoms with Gasteiger partial charge in [0.05, 0.1) is 5.56 Å². The van der Waals surface area contributed by atoms with E-state index >= 15 is 0 Å². The third-order valence-corrected chi connectivity index (χ3v) is 2.24. The van der Waals surface area contributed by atoms with Gasteiger partial charge in [0.2, 0.25) is 0 Å². The molecule has 0 spiro atoms. The summed E-state index contributed by atoms with van der Waals surface area (Å²) in [6.45, 7) is 1.37. The lowest BCUT2D eigenvalue weighted by molar-refractivity contribution is -0.139. The van der Waals surface area contributed by atoms with Crippen LogP contribution in [0.2, 0.25) is 0 Å². The van der Waals surface area contributed by atoms with Crippen molar-refractivity contribution in [2.75, 3.05) is 0 Å². The van der Waals surface area contributed by atoms with Gasteiger partial charge >= 0.3 is 6.18 Å². The number of carbonyl (C=O) groups excluding carboxylic acids is 1. The molecule has 17 heavy (non-hydrogen) atoms. The quantitative estimate of drug-likeness (QED) is 0.581. The molecule has 0 saturated heterocycles. The molecule has 1 aromatic rings. The van der Waals surface area contributed by atoms with Crippen molar-refractivity contribution in [2.24, 2.45) is 0 Å². The van der Waals surface area contributed by atoms with Crippen molar-refractivity contribution < 1.29 is 26.7 Å². The van der Waals surface area contributed by atoms with E-state index in [1.165, 1.54) is 6.92 Å². The van der Waals surface area contributed by atoms with E-state index in [0.29, 0.717) is 6.07 Å². The van der Waals surface area contributed by atoms with Crippen LogP contribution in [0.3, 0.4) is 0 Å². The molecule has 0 aliphatic carbocycles. The summed E-state index contributed by atoms with van der Waals surface area (Å²) in [5.41, 5.74) is -3.38. The fourth-order valence-electron chi connectivity index (χ4n) is 1.49. The Kier molecular flexibility index (Phi) is 3.85. The second-order valence-corrected chi connectivity index (χ2v) is 3.34. The van der Waals surface area contributed by atoms with Crippen molar-refractivity contribution in [3.8, 4) is 0 Å². The summed E-state index contributed by atoms with van der Waals surface area (Å²) in [4.78, 5) is 11.3. The minimum atomic E-state index is -4.97. The number of halogens is 5. The summed E-state index contributed by atoms with van der Waals surface area (Å²) in [6.07, 6.45) is -8.40. The zero-order valence-electron chi connectivity index (χ0n) is 8.81. The molecule has 0 aromatic heterocycles. The zero-order chi connectivity index (χ0) is 13.2. The first-order valence-corrected chi connectivity index (χ1v) is 4.80. The van der Waals surface area contributed by atoms with Crippen molar-refractivity contribution >= 4 is 5.78 Å². The Morgan fingerprint density at radius 2 is 1.88 bits per heavy atom. The van der Waals surface area contributed by atoms with E-state index in [2.05, 4.69) is 0 Å². The van der Waals surface area contributed by atoms with E-state index in [1.807, 2.05) is 0 Å². The molecule has 0 amide bonds. The number of alkyl halides is 5. The van der Waals surface area contributed by atoms with Crippen molar-refractivity contribution in [1.82, 2.24) is 0 Å². The lowest BCUT2D eigenvalue weighted by atomic mass is 9.96. The van der Waals surface area contributed by atoms with Crippen LogP contribution in [0.15, 0.2) is 18.2 Å². The number of ketones is 1. The summed E-state index contributed by atoms with van der Waals surface area (Å²) in [6, 6.07) is 2.63. The smallest absolute Gasteiger partial charge is 0.294 e. The first kappa shape index (κ1) is 13.6. The van der Waals surface area contributed by atoms with Crippen molar-refractivity contribution in [3.63, 3.8) is 0 Å². The van der Waals surface area contributed by atoms with Gasteiger partial charge in [0.1, 0.15) is 0 Å². The monoisotopic (exact) mass is 252 g/mol. The van der Waals surface area contributed by atoms with Crippen LogP contribution in [0.4, 0.5) is 22.0 Å². The average molecular weight is 252 g/mol. The highest BCUT2D eigenvalue weighted by Gasteiger charge is 2.39. The number of rotatable bonds is 3. The molecule has 0 heterocycles. The highest BCUT2D eigenvalue weighted by atomic mass is 19.4. The van der Waals surface area contributed by atoms with Crippen LogP contribution in [-0.4, -0.2) is 5.78 Å². The van der Waals surface area contributed by atoms with Gasteiger partial charge in [-0.25, -0.2) is 8.78 Å². The maximum Gasteiger partial charge on any atom is 0.417 e. The molecule has 0 aliphatic heterocycles. The van der Waals surface area contributed by atoms with Crippen LogP contribution >= 0.6 is 0 Å². The molecule has 94 valence electrons. The van der Waals surface area contributed by atoms with Crippen LogP contribution in [-0.2, 0) is 6.18 Å². The SMILES string of the molecule is CCC(=O)c1cccc(C(F)F)c1C(F)(F)F. The first-order chi connectivity index (χ1) is 7.79. The highest BCUT2D eigenvalue weighted by Crippen LogP contribution is 2.38. The molecule has 0 aliphatic rings. The van der Waals surface area contributed by atoms with E-state index in [1.54, 1.807) is 0 Å². The molecule has 0 N–H and O–H groups in total. The standard InChI is InChI=1S/C11H9F5O/c1-2-8(17)6-4-3-5-7(10(12)13)9(6)11(14,15)16/h3-5,10H,2H2,1H3. The number of hydrogen-bond donors (Lipinski definition) is 0. The van der Waals surface area contributed by atoms with Gasteiger partial charge < -0.3 is 0 Å². The van der Waals surface area contributed by atoms with Gasteiger partial charge in [0.15, 0.2) is 5.78 Å². The molecule has 0 saturated carbocycles. The zero-order valence-corrected chi connectivity index (χ0v) is 8.81. The van der Waals surface area contributed by atoms with Crippen LogP contribution in [0.1, 0.15) is 41.3 Å². The Morgan fingerprint density at radius 3 is 2.29 bits per heavy atom. The Hall–Kier alpha value is -1.46. The molecule has 0 unspecified atom stereocenters. The second-order valence-electron chi connectivity index (χ2n) is 3.34. The summed E-state index contributed by atoms with van der Waals surface area (Å²) in [7, 11) is 0. The molecule has 1 rings (SSSR count). The Labute approximate surface area is 94.2 Å². The van der Waals surface area contributed by atoms with E-state index in [-0.39, 0.29) is 6.42 Å². The van der Waals surface area contributed by atoms with Gasteiger partial charge in [-0.2, -0.15) is 13.2 Å². The van der Waals surface area contributed by atoms with Gasteiger partial charge in [-0.1, -0.05) is 25.1 Å². The Bertz CT molecular complexity index is 422. The van der Waals surface area contributed by atoms with E-state index in [9.17, 15) is 26.7 Å². The van der Waals surface area contributed by atoms with Gasteiger partial charge in [-0.15, -0.1) is 0 Å². The number of carbonyl (C=O) groups is 1. The molecular weight excluding hydrogens is 243 g/mol. The summed E-state index contributed by atoms with van der Waals surface area (Å²) in [5.74, 6) is -0.806. The van der Waals surface area contributed by atoms with Gasteiger partial charge in [-0.05, 0) is 0 Å². The van der Waals surface area contributed by atoms with E-state index in [4.69, 9.17) is 0 Å². The molecule has 0 bridgehead atoms. The summed E-state index contributed by atoms with van der Waals surface area (Å²) < 4.78 is 63.0. The first-order valence-electron chi connectivity index (χ1n) is 4.80. The predicted octanol–water partition coefficient (Wildman–Crippen LogP) is 4.24. The molecular formula is C11H9F5O. The third kappa shape index (κ3) is 2.81. The van der Waals surface area contributed by atoms with Crippen molar-refractivity contribution in [2.45, 2.75) is 25.9 Å². The minimum absolute atomic E-state index is 0.171. The van der Waals surface area contributed by atoms with Crippen molar-refractivity contribution in [1.29, 1.82) is 0 Å². The topological polar surface area (TPSA) is 17.1 Å². The fourth-order valence-corrected chi connectivity index (χ4v) is 1.49. The molecule has 1 aromatic carbocycles. The van der Waals surface area contributed by atoms with Crippen LogP contribution in [0, 0.1) is 0 Å². The lowest BCUT2D eigenvalue weighted by Crippen LogP contribution is -2.16. The Morgan fingerprint density at radius 1 is 1.29 bits per heavy atom. The fraction of sp³-hybridized carbons (Fsp3) is 0.364. The molecule has 1 nitrogen and oxygen atoms in total. The second kappa shape index (κ2) is 4.81. The number of benzene rings is 1. The van der Waals surface area contributed by atoms with E-state index < -0.39 is 35.1 Å². The average Bonchev–Trinajstić information content (AvgIpc) is 2.25. The predicted molar refractivity (Wildman–Crippen MR) is 51.0 cm³/mol. The van der Waals surface area contributed by atoms with Gasteiger partial charge in [0.25, 0.3) is 6.43 Å². The lowest BCUT2D eigenvalue weighted by Gasteiger charge is -2.15. The molecule has 0 radical (unpaired) electrons. The Balaban J connectivity index is 3.51. The van der Waals surface area contributed by atoms with E-state index in [0.717, 1.165) is 12.1 Å². The molecule has 0 fully saturated rings. The van der Waals surface area contributed by atoms with Crippen molar-refractivity contribution in [3.05, 3.63) is 34.9 Å². The number of hydrogen-bond acceptors (Lipinski definition) is 1. The van der Waals surface area contributed by atoms with Gasteiger partial charge in [-0.3, -0.25) is 4.79 Å². The third-order valence-electron chi connectivity index (χ3n) is 2.24. The normalized spacial score (nSPS) is 11.9. The molecule has 0 atom stereocenters. The van der Waals surface area contributed by atoms with Crippen LogP contribution in [0.25, 0.3) is 0 Å². The maximum absolute atomic E-state index is 12.7. The summed E-state index contributed by atoms with van der Waals surface area (Å²) >= 11 is 0. The summed E-state index contributed by atoms with van der Waals surface area (Å²) in [5, 5.41) is 0. The molecule has 6 heteroatoms. The number of Topliss-reactive ketones (excluding diaryl/α,β-unsaturated/α-hetero) is 1. The van der Waals surface area contributed by atoms with Crippen LogP contribution < -0.4 is 0 Å². The largest absolute Gasteiger partial charge is 0.417 e. The highest BCUT2D eigenvalue weighted by molar-refractivity contribution is 5.97. The van der Waals surface area contributed by atoms with Gasteiger partial charge in [0, 0.05) is 17.5 Å². The van der Waals surface area contributed by atoms with Crippen LogP contribution in [0.5, 0.6) is 0 Å². The minimum Gasteiger partial charge on any atom is -0.294 e. The maximum atomic E-state index is 12.7.